The molecule has 1 atom stereocenters. The van der Waals surface area contributed by atoms with E-state index in [-0.39, 0.29) is 0 Å². The molecular weight excluding hydrogens is 194 g/mol. The quantitative estimate of drug-likeness (QED) is 0.784. The molecule has 2 rings (SSSR count). The second-order valence-electron chi connectivity index (χ2n) is 3.71. The van der Waals surface area contributed by atoms with Gasteiger partial charge in [-0.1, -0.05) is 6.92 Å². The molecular formula is C10H17N3S. The molecule has 0 amide bonds. The lowest BCUT2D eigenvalue weighted by molar-refractivity contribution is 0.543. The lowest BCUT2D eigenvalue weighted by Crippen LogP contribution is -2.30. The van der Waals surface area contributed by atoms with Crippen LogP contribution in [0.3, 0.4) is 0 Å². The molecule has 1 aromatic rings. The van der Waals surface area contributed by atoms with Gasteiger partial charge in [-0.25, -0.2) is 0 Å². The van der Waals surface area contributed by atoms with Crippen LogP contribution >= 0.6 is 11.5 Å². The molecule has 1 saturated heterocycles. The zero-order valence-corrected chi connectivity index (χ0v) is 9.36. The highest BCUT2D eigenvalue weighted by molar-refractivity contribution is 7.05. The number of aryl methyl sites for hydroxylation is 1. The Balaban J connectivity index is 1.79. The Morgan fingerprint density at radius 1 is 1.71 bits per heavy atom. The van der Waals surface area contributed by atoms with Crippen molar-refractivity contribution in [2.45, 2.75) is 32.4 Å². The summed E-state index contributed by atoms with van der Waals surface area (Å²) in [6.07, 6.45) is 2.34. The van der Waals surface area contributed by atoms with Crippen LogP contribution in [0.2, 0.25) is 0 Å². The summed E-state index contributed by atoms with van der Waals surface area (Å²) >= 11 is 1.63. The molecule has 2 heterocycles. The monoisotopic (exact) mass is 211 g/mol. The Hall–Kier alpha value is -0.450. The fourth-order valence-electron chi connectivity index (χ4n) is 1.68. The van der Waals surface area contributed by atoms with Gasteiger partial charge in [-0.3, -0.25) is 0 Å². The maximum Gasteiger partial charge on any atom is 0.0683 e. The molecule has 78 valence electrons. The molecule has 1 aliphatic heterocycles. The third kappa shape index (κ3) is 2.53. The Bertz CT molecular complexity index is 279. The van der Waals surface area contributed by atoms with Crippen LogP contribution in [-0.2, 0) is 13.0 Å². The van der Waals surface area contributed by atoms with Crippen molar-refractivity contribution in [2.24, 2.45) is 0 Å². The van der Waals surface area contributed by atoms with Gasteiger partial charge in [0.25, 0.3) is 0 Å². The molecule has 0 radical (unpaired) electrons. The van der Waals surface area contributed by atoms with Crippen molar-refractivity contribution in [1.29, 1.82) is 0 Å². The number of nitrogens with one attached hydrogen (secondary N) is 2. The normalized spacial score (nSPS) is 21.6. The van der Waals surface area contributed by atoms with Crippen LogP contribution in [0.15, 0.2) is 6.07 Å². The van der Waals surface area contributed by atoms with Crippen LogP contribution < -0.4 is 10.6 Å². The van der Waals surface area contributed by atoms with Crippen molar-refractivity contribution in [3.63, 3.8) is 0 Å². The van der Waals surface area contributed by atoms with E-state index >= 15 is 0 Å². The molecule has 1 unspecified atom stereocenters. The maximum absolute atomic E-state index is 4.41. The third-order valence-corrected chi connectivity index (χ3v) is 3.56. The number of hydrogen-bond acceptors (Lipinski definition) is 4. The average Bonchev–Trinajstić information content (AvgIpc) is 2.86. The zero-order valence-electron chi connectivity index (χ0n) is 8.55. The summed E-state index contributed by atoms with van der Waals surface area (Å²) in [6.45, 7) is 5.34. The Morgan fingerprint density at radius 2 is 2.64 bits per heavy atom. The maximum atomic E-state index is 4.41. The number of rotatable bonds is 4. The summed E-state index contributed by atoms with van der Waals surface area (Å²) in [5.41, 5.74) is 1.19. The van der Waals surface area contributed by atoms with Crippen molar-refractivity contribution in [3.05, 3.63) is 16.6 Å². The summed E-state index contributed by atoms with van der Waals surface area (Å²) in [7, 11) is 0. The lowest BCUT2D eigenvalue weighted by Gasteiger charge is -2.08. The summed E-state index contributed by atoms with van der Waals surface area (Å²) in [5, 5.41) is 6.86. The molecule has 1 aliphatic rings. The van der Waals surface area contributed by atoms with Crippen molar-refractivity contribution >= 4 is 11.5 Å². The second-order valence-corrected chi connectivity index (χ2v) is 4.60. The molecule has 14 heavy (non-hydrogen) atoms. The van der Waals surface area contributed by atoms with Gasteiger partial charge < -0.3 is 10.6 Å². The van der Waals surface area contributed by atoms with E-state index in [1.165, 1.54) is 17.0 Å². The first-order chi connectivity index (χ1) is 6.88. The first-order valence-corrected chi connectivity index (χ1v) is 6.04. The SMILES string of the molecule is CCc1cc(CNC2CCNC2)ns1. The first kappa shape index (κ1) is 10.1. The summed E-state index contributed by atoms with van der Waals surface area (Å²) in [4.78, 5) is 1.38. The first-order valence-electron chi connectivity index (χ1n) is 5.27. The van der Waals surface area contributed by atoms with E-state index in [0.29, 0.717) is 6.04 Å². The van der Waals surface area contributed by atoms with Gasteiger partial charge in [-0.05, 0) is 37.0 Å². The Labute approximate surface area is 89.1 Å². The molecule has 0 bridgehead atoms. The average molecular weight is 211 g/mol. The van der Waals surface area contributed by atoms with Gasteiger partial charge in [-0.2, -0.15) is 4.37 Å². The summed E-state index contributed by atoms with van der Waals surface area (Å²) in [5.74, 6) is 0. The molecule has 2 N–H and O–H groups in total. The zero-order chi connectivity index (χ0) is 9.80. The fourth-order valence-corrected chi connectivity index (χ4v) is 2.35. The van der Waals surface area contributed by atoms with Gasteiger partial charge in [-0.15, -0.1) is 0 Å². The molecule has 3 nitrogen and oxygen atoms in total. The van der Waals surface area contributed by atoms with Gasteiger partial charge in [0.1, 0.15) is 0 Å². The topological polar surface area (TPSA) is 37.0 Å². The van der Waals surface area contributed by atoms with Crippen LogP contribution in [0, 0.1) is 0 Å². The van der Waals surface area contributed by atoms with Gasteiger partial charge in [0.2, 0.25) is 0 Å². The van der Waals surface area contributed by atoms with E-state index in [4.69, 9.17) is 0 Å². The van der Waals surface area contributed by atoms with Crippen molar-refractivity contribution in [1.82, 2.24) is 15.0 Å². The molecule has 4 heteroatoms. The van der Waals surface area contributed by atoms with Gasteiger partial charge >= 0.3 is 0 Å². The highest BCUT2D eigenvalue weighted by Crippen LogP contribution is 2.10. The van der Waals surface area contributed by atoms with E-state index in [1.54, 1.807) is 11.5 Å². The van der Waals surface area contributed by atoms with Crippen molar-refractivity contribution in [2.75, 3.05) is 13.1 Å². The standard InChI is InChI=1S/C10H17N3S/c1-2-10-5-9(13-14-10)7-12-8-3-4-11-6-8/h5,8,11-12H,2-4,6-7H2,1H3. The predicted octanol–water partition coefficient (Wildman–Crippen LogP) is 1.16. The van der Waals surface area contributed by atoms with E-state index in [9.17, 15) is 0 Å². The Morgan fingerprint density at radius 3 is 3.29 bits per heavy atom. The van der Waals surface area contributed by atoms with Crippen LogP contribution in [-0.4, -0.2) is 23.5 Å². The van der Waals surface area contributed by atoms with E-state index < -0.39 is 0 Å². The van der Waals surface area contributed by atoms with Crippen LogP contribution in [0.1, 0.15) is 23.9 Å². The summed E-state index contributed by atoms with van der Waals surface area (Å²) < 4.78 is 4.41. The number of nitrogens with zero attached hydrogens (tertiary/aromatic N) is 1. The van der Waals surface area contributed by atoms with E-state index in [0.717, 1.165) is 26.1 Å². The van der Waals surface area contributed by atoms with Crippen molar-refractivity contribution < 1.29 is 0 Å². The minimum atomic E-state index is 0.641. The molecule has 0 aromatic carbocycles. The van der Waals surface area contributed by atoms with Gasteiger partial charge in [0.05, 0.1) is 5.69 Å². The number of hydrogen-bond donors (Lipinski definition) is 2. The van der Waals surface area contributed by atoms with Gasteiger partial charge in [0, 0.05) is 24.0 Å². The lowest BCUT2D eigenvalue weighted by atomic mass is 10.2. The number of aromatic nitrogens is 1. The highest BCUT2D eigenvalue weighted by Gasteiger charge is 2.13. The van der Waals surface area contributed by atoms with Gasteiger partial charge in [0.15, 0.2) is 0 Å². The predicted molar refractivity (Wildman–Crippen MR) is 59.6 cm³/mol. The molecule has 0 spiro atoms. The van der Waals surface area contributed by atoms with Crippen molar-refractivity contribution in [3.8, 4) is 0 Å². The minimum Gasteiger partial charge on any atom is -0.315 e. The Kier molecular flexibility index (Phi) is 3.50. The molecule has 0 saturated carbocycles. The van der Waals surface area contributed by atoms with Crippen LogP contribution in [0.25, 0.3) is 0 Å². The van der Waals surface area contributed by atoms with E-state index in [2.05, 4.69) is 28.0 Å². The second kappa shape index (κ2) is 4.87. The van der Waals surface area contributed by atoms with E-state index in [1.807, 2.05) is 0 Å². The van der Waals surface area contributed by atoms with Crippen LogP contribution in [0.4, 0.5) is 0 Å². The molecule has 1 fully saturated rings. The summed E-state index contributed by atoms with van der Waals surface area (Å²) in [6, 6.07) is 2.85. The minimum absolute atomic E-state index is 0.641. The third-order valence-electron chi connectivity index (χ3n) is 2.59. The molecule has 1 aromatic heterocycles. The highest BCUT2D eigenvalue weighted by atomic mass is 32.1. The largest absolute Gasteiger partial charge is 0.315 e. The smallest absolute Gasteiger partial charge is 0.0683 e. The fraction of sp³-hybridized carbons (Fsp3) is 0.700. The van der Waals surface area contributed by atoms with Crippen LogP contribution in [0.5, 0.6) is 0 Å². The molecule has 0 aliphatic carbocycles.